The number of aromatic nitrogens is 1. The normalized spacial score (nSPS) is 12.6. The predicted molar refractivity (Wildman–Crippen MR) is 111 cm³/mol. The molecular formula is C24H23NO3. The molecule has 0 saturated heterocycles. The van der Waals surface area contributed by atoms with E-state index in [9.17, 15) is 9.59 Å². The van der Waals surface area contributed by atoms with Crippen LogP contribution in [0.1, 0.15) is 41.4 Å². The van der Waals surface area contributed by atoms with Crippen molar-refractivity contribution in [1.29, 1.82) is 0 Å². The number of aryl methyl sites for hydroxylation is 1. The van der Waals surface area contributed by atoms with Gasteiger partial charge in [0.25, 0.3) is 0 Å². The van der Waals surface area contributed by atoms with Crippen molar-refractivity contribution in [3.63, 3.8) is 0 Å². The number of H-pyrrole nitrogens is 1. The second-order valence-corrected chi connectivity index (χ2v) is 6.37. The molecule has 0 fully saturated rings. The van der Waals surface area contributed by atoms with Crippen LogP contribution in [0.2, 0.25) is 0 Å². The molecule has 0 radical (unpaired) electrons. The predicted octanol–water partition coefficient (Wildman–Crippen LogP) is 5.33. The largest absolute Gasteiger partial charge is 0.446 e. The topological polar surface area (TPSA) is 59.2 Å². The van der Waals surface area contributed by atoms with E-state index in [4.69, 9.17) is 4.74 Å². The van der Waals surface area contributed by atoms with E-state index < -0.39 is 12.1 Å². The third-order valence-corrected chi connectivity index (χ3v) is 4.56. The Bertz CT molecular complexity index is 1030. The van der Waals surface area contributed by atoms with Gasteiger partial charge in [-0.05, 0) is 18.9 Å². The Morgan fingerprint density at radius 1 is 1.07 bits per heavy atom. The molecule has 1 N–H and O–H groups in total. The van der Waals surface area contributed by atoms with Crippen LogP contribution in [0.3, 0.4) is 0 Å². The molecule has 1 aromatic heterocycles. The first kappa shape index (κ1) is 19.4. The van der Waals surface area contributed by atoms with Gasteiger partial charge in [0.15, 0.2) is 6.10 Å². The number of benzene rings is 2. The van der Waals surface area contributed by atoms with E-state index in [0.717, 1.165) is 22.9 Å². The van der Waals surface area contributed by atoms with E-state index in [0.29, 0.717) is 11.1 Å². The summed E-state index contributed by atoms with van der Waals surface area (Å²) in [5, 5.41) is 0.839. The molecule has 3 aromatic rings. The molecular weight excluding hydrogens is 350 g/mol. The van der Waals surface area contributed by atoms with Gasteiger partial charge < -0.3 is 9.72 Å². The van der Waals surface area contributed by atoms with Crippen molar-refractivity contribution in [3.8, 4) is 0 Å². The van der Waals surface area contributed by atoms with Gasteiger partial charge in [0.2, 0.25) is 5.78 Å². The summed E-state index contributed by atoms with van der Waals surface area (Å²) in [5.41, 5.74) is 3.24. The molecule has 0 spiro atoms. The molecule has 4 heteroatoms. The van der Waals surface area contributed by atoms with Gasteiger partial charge >= 0.3 is 5.97 Å². The highest BCUT2D eigenvalue weighted by atomic mass is 16.5. The van der Waals surface area contributed by atoms with Crippen LogP contribution in [0.5, 0.6) is 0 Å². The summed E-state index contributed by atoms with van der Waals surface area (Å²) in [6, 6.07) is 15.0. The maximum Gasteiger partial charge on any atom is 0.331 e. The Morgan fingerprint density at radius 3 is 2.57 bits per heavy atom. The van der Waals surface area contributed by atoms with Crippen molar-refractivity contribution < 1.29 is 14.3 Å². The molecule has 142 valence electrons. The molecule has 2 aromatic carbocycles. The van der Waals surface area contributed by atoms with Crippen molar-refractivity contribution >= 4 is 22.7 Å². The molecule has 0 aliphatic carbocycles. The summed E-state index contributed by atoms with van der Waals surface area (Å²) in [6.07, 6.45) is 7.99. The Hall–Kier alpha value is -3.40. The molecule has 4 nitrogen and oxygen atoms in total. The van der Waals surface area contributed by atoms with Crippen LogP contribution >= 0.6 is 0 Å². The SMILES string of the molecule is C/C=C/C=C/C(=O)O[C@@H](C(=O)c1c[nH]c2c(CC)cccc12)c1ccccc1. The van der Waals surface area contributed by atoms with Gasteiger partial charge in [0, 0.05) is 34.3 Å². The molecule has 0 aliphatic heterocycles. The van der Waals surface area contributed by atoms with Gasteiger partial charge in [-0.3, -0.25) is 4.79 Å². The number of carbonyl (C=O) groups excluding carboxylic acids is 2. The van der Waals surface area contributed by atoms with Crippen molar-refractivity contribution in [2.75, 3.05) is 0 Å². The lowest BCUT2D eigenvalue weighted by Crippen LogP contribution is -2.19. The highest BCUT2D eigenvalue weighted by Crippen LogP contribution is 2.29. The van der Waals surface area contributed by atoms with Crippen LogP contribution in [0, 0.1) is 0 Å². The zero-order valence-corrected chi connectivity index (χ0v) is 16.0. The van der Waals surface area contributed by atoms with Crippen LogP contribution in [0.15, 0.2) is 79.0 Å². The number of nitrogens with one attached hydrogen (secondary N) is 1. The van der Waals surface area contributed by atoms with Crippen molar-refractivity contribution in [3.05, 3.63) is 95.7 Å². The lowest BCUT2D eigenvalue weighted by atomic mass is 9.98. The van der Waals surface area contributed by atoms with Crippen molar-refractivity contribution in [1.82, 2.24) is 4.98 Å². The smallest absolute Gasteiger partial charge is 0.331 e. The molecule has 0 aliphatic rings. The van der Waals surface area contributed by atoms with Gasteiger partial charge in [0.1, 0.15) is 0 Å². The number of carbonyl (C=O) groups is 2. The lowest BCUT2D eigenvalue weighted by molar-refractivity contribution is -0.141. The fourth-order valence-electron chi connectivity index (χ4n) is 3.16. The summed E-state index contributed by atoms with van der Waals surface area (Å²) < 4.78 is 5.55. The second kappa shape index (κ2) is 9.00. The number of ketones is 1. The van der Waals surface area contributed by atoms with Crippen LogP contribution < -0.4 is 0 Å². The van der Waals surface area contributed by atoms with Gasteiger partial charge in [-0.15, -0.1) is 0 Å². The maximum absolute atomic E-state index is 13.4. The van der Waals surface area contributed by atoms with E-state index in [1.165, 1.54) is 6.08 Å². The van der Waals surface area contributed by atoms with Crippen molar-refractivity contribution in [2.24, 2.45) is 0 Å². The molecule has 1 atom stereocenters. The average molecular weight is 373 g/mol. The van der Waals surface area contributed by atoms with Crippen LogP contribution in [0.25, 0.3) is 10.9 Å². The molecule has 28 heavy (non-hydrogen) atoms. The molecule has 3 rings (SSSR count). The first-order valence-corrected chi connectivity index (χ1v) is 9.33. The first-order valence-electron chi connectivity index (χ1n) is 9.33. The van der Waals surface area contributed by atoms with E-state index in [-0.39, 0.29) is 5.78 Å². The minimum Gasteiger partial charge on any atom is -0.446 e. The zero-order valence-electron chi connectivity index (χ0n) is 16.0. The number of aromatic amines is 1. The summed E-state index contributed by atoms with van der Waals surface area (Å²) in [7, 11) is 0. The number of ether oxygens (including phenoxy) is 1. The van der Waals surface area contributed by atoms with E-state index >= 15 is 0 Å². The highest BCUT2D eigenvalue weighted by molar-refractivity contribution is 6.11. The lowest BCUT2D eigenvalue weighted by Gasteiger charge is -2.16. The van der Waals surface area contributed by atoms with E-state index in [1.54, 1.807) is 36.6 Å². The molecule has 0 bridgehead atoms. The standard InChI is InChI=1S/C24H23NO3/c1-3-5-7-15-21(26)28-24(18-11-8-6-9-12-18)23(27)20-16-25-22-17(4-2)13-10-14-19(20)22/h3,5-16,24-25H,4H2,1-2H3/b5-3+,15-7+/t24-/m1/s1. The van der Waals surface area contributed by atoms with Gasteiger partial charge in [-0.1, -0.05) is 73.7 Å². The monoisotopic (exact) mass is 373 g/mol. The van der Waals surface area contributed by atoms with Gasteiger partial charge in [0.05, 0.1) is 0 Å². The number of para-hydroxylation sites is 1. The number of Topliss-reactive ketones (excluding diaryl/α,β-unsaturated/α-hetero) is 1. The number of esters is 1. The minimum atomic E-state index is -1.01. The minimum absolute atomic E-state index is 0.251. The quantitative estimate of drug-likeness (QED) is 0.264. The molecule has 0 saturated carbocycles. The maximum atomic E-state index is 13.4. The summed E-state index contributed by atoms with van der Waals surface area (Å²) in [4.78, 5) is 28.8. The fraction of sp³-hybridized carbons (Fsp3) is 0.167. The van der Waals surface area contributed by atoms with Crippen LogP contribution in [-0.4, -0.2) is 16.7 Å². The van der Waals surface area contributed by atoms with E-state index in [1.807, 2.05) is 43.3 Å². The fourth-order valence-corrected chi connectivity index (χ4v) is 3.16. The molecule has 0 amide bonds. The Balaban J connectivity index is 1.98. The molecule has 0 unspecified atom stereocenters. The van der Waals surface area contributed by atoms with E-state index in [2.05, 4.69) is 11.9 Å². The third kappa shape index (κ3) is 4.12. The summed E-state index contributed by atoms with van der Waals surface area (Å²) in [6.45, 7) is 3.93. The summed E-state index contributed by atoms with van der Waals surface area (Å²) >= 11 is 0. The number of rotatable bonds is 7. The zero-order chi connectivity index (χ0) is 19.9. The first-order chi connectivity index (χ1) is 13.7. The van der Waals surface area contributed by atoms with Crippen molar-refractivity contribution in [2.45, 2.75) is 26.4 Å². The summed E-state index contributed by atoms with van der Waals surface area (Å²) in [5.74, 6) is -0.812. The second-order valence-electron chi connectivity index (χ2n) is 6.37. The Kier molecular flexibility index (Phi) is 6.22. The third-order valence-electron chi connectivity index (χ3n) is 4.56. The number of hydrogen-bond acceptors (Lipinski definition) is 3. The highest BCUT2D eigenvalue weighted by Gasteiger charge is 2.27. The Morgan fingerprint density at radius 2 is 1.86 bits per heavy atom. The number of allylic oxidation sites excluding steroid dienone is 3. The number of fused-ring (bicyclic) bond motifs is 1. The van der Waals surface area contributed by atoms with Gasteiger partial charge in [-0.25, -0.2) is 4.79 Å². The molecule has 1 heterocycles. The van der Waals surface area contributed by atoms with Crippen LogP contribution in [-0.2, 0) is 16.0 Å². The average Bonchev–Trinajstić information content (AvgIpc) is 3.16. The number of hydrogen-bond donors (Lipinski definition) is 1. The Labute approximate surface area is 164 Å². The van der Waals surface area contributed by atoms with Crippen LogP contribution in [0.4, 0.5) is 0 Å². The van der Waals surface area contributed by atoms with Gasteiger partial charge in [-0.2, -0.15) is 0 Å².